The van der Waals surface area contributed by atoms with E-state index in [0.717, 1.165) is 17.8 Å². The maximum absolute atomic E-state index is 3.99. The predicted molar refractivity (Wildman–Crippen MR) is 70.3 cm³/mol. The van der Waals surface area contributed by atoms with Crippen LogP contribution in [0.1, 0.15) is 33.6 Å². The zero-order valence-corrected chi connectivity index (χ0v) is 10.8. The van der Waals surface area contributed by atoms with Gasteiger partial charge in [0.1, 0.15) is 0 Å². The van der Waals surface area contributed by atoms with E-state index in [1.807, 2.05) is 0 Å². The smallest absolute Gasteiger partial charge is 0.0141 e. The van der Waals surface area contributed by atoms with Gasteiger partial charge in [-0.05, 0) is 36.5 Å². The highest BCUT2D eigenvalue weighted by molar-refractivity contribution is 5.11. The first-order chi connectivity index (χ1) is 7.63. The molecule has 1 heteroatoms. The normalized spacial score (nSPS) is 42.4. The fraction of sp³-hybridized carbons (Fsp3) is 0.733. The molecule has 2 rings (SSSR count). The molecule has 2 aliphatic rings. The van der Waals surface area contributed by atoms with Crippen molar-refractivity contribution in [3.63, 3.8) is 0 Å². The highest BCUT2D eigenvalue weighted by atomic mass is 15.0. The Balaban J connectivity index is 2.13. The van der Waals surface area contributed by atoms with Crippen molar-refractivity contribution in [1.82, 2.24) is 5.32 Å². The summed E-state index contributed by atoms with van der Waals surface area (Å²) in [5.74, 6) is 3.09. The second-order valence-corrected chi connectivity index (χ2v) is 5.83. The molecule has 0 amide bonds. The molecule has 2 aliphatic carbocycles. The Morgan fingerprint density at radius 1 is 1.44 bits per heavy atom. The molecule has 1 fully saturated rings. The van der Waals surface area contributed by atoms with Crippen molar-refractivity contribution in [3.8, 4) is 0 Å². The van der Waals surface area contributed by atoms with Gasteiger partial charge >= 0.3 is 0 Å². The van der Waals surface area contributed by atoms with Crippen LogP contribution in [0.15, 0.2) is 24.8 Å². The van der Waals surface area contributed by atoms with E-state index in [4.69, 9.17) is 0 Å². The average molecular weight is 219 g/mol. The van der Waals surface area contributed by atoms with Gasteiger partial charge in [-0.1, -0.05) is 39.0 Å². The van der Waals surface area contributed by atoms with Crippen molar-refractivity contribution in [2.24, 2.45) is 23.7 Å². The van der Waals surface area contributed by atoms with Gasteiger partial charge in [0.25, 0.3) is 0 Å². The molecule has 0 spiro atoms. The van der Waals surface area contributed by atoms with Gasteiger partial charge in [0.05, 0.1) is 0 Å². The molecule has 5 atom stereocenters. The van der Waals surface area contributed by atoms with Crippen molar-refractivity contribution < 1.29 is 0 Å². The Morgan fingerprint density at radius 3 is 2.81 bits per heavy atom. The monoisotopic (exact) mass is 219 g/mol. The summed E-state index contributed by atoms with van der Waals surface area (Å²) in [7, 11) is 0. The van der Waals surface area contributed by atoms with Crippen molar-refractivity contribution in [2.45, 2.75) is 45.7 Å². The second kappa shape index (κ2) is 4.75. The van der Waals surface area contributed by atoms with Crippen LogP contribution in [0.3, 0.4) is 0 Å². The molecule has 1 N–H and O–H groups in total. The molecule has 0 heterocycles. The largest absolute Gasteiger partial charge is 0.311 e. The van der Waals surface area contributed by atoms with Crippen LogP contribution in [0.4, 0.5) is 0 Å². The summed E-state index contributed by atoms with van der Waals surface area (Å²) >= 11 is 0. The minimum Gasteiger partial charge on any atom is -0.311 e. The quantitative estimate of drug-likeness (QED) is 0.717. The first kappa shape index (κ1) is 11.9. The van der Waals surface area contributed by atoms with E-state index in [1.165, 1.54) is 12.8 Å². The molecule has 0 bridgehead atoms. The molecular formula is C15H25N. The van der Waals surface area contributed by atoms with Crippen molar-refractivity contribution in [1.29, 1.82) is 0 Å². The lowest BCUT2D eigenvalue weighted by Crippen LogP contribution is -2.44. The maximum Gasteiger partial charge on any atom is 0.0141 e. The summed E-state index contributed by atoms with van der Waals surface area (Å²) in [4.78, 5) is 0. The number of nitrogens with one attached hydrogen (secondary N) is 1. The summed E-state index contributed by atoms with van der Waals surface area (Å²) in [6.07, 6.45) is 9.50. The van der Waals surface area contributed by atoms with Crippen LogP contribution >= 0.6 is 0 Å². The molecule has 90 valence electrons. The van der Waals surface area contributed by atoms with Crippen LogP contribution in [0, 0.1) is 23.7 Å². The van der Waals surface area contributed by atoms with Crippen LogP contribution in [0.5, 0.6) is 0 Å². The van der Waals surface area contributed by atoms with Crippen molar-refractivity contribution >= 4 is 0 Å². The molecule has 1 nitrogen and oxygen atoms in total. The van der Waals surface area contributed by atoms with E-state index in [2.05, 4.69) is 50.9 Å². The zero-order valence-electron chi connectivity index (χ0n) is 10.8. The lowest BCUT2D eigenvalue weighted by atomic mass is 9.78. The summed E-state index contributed by atoms with van der Waals surface area (Å²) in [5.41, 5.74) is 0. The van der Waals surface area contributed by atoms with Gasteiger partial charge in [0.2, 0.25) is 0 Å². The van der Waals surface area contributed by atoms with Crippen LogP contribution in [0.2, 0.25) is 0 Å². The van der Waals surface area contributed by atoms with Crippen molar-refractivity contribution in [2.75, 3.05) is 0 Å². The van der Waals surface area contributed by atoms with Gasteiger partial charge < -0.3 is 5.32 Å². The summed E-state index contributed by atoms with van der Waals surface area (Å²) < 4.78 is 0. The number of allylic oxidation sites excluding steroid dienone is 2. The van der Waals surface area contributed by atoms with Crippen molar-refractivity contribution in [3.05, 3.63) is 24.8 Å². The Labute approximate surface area is 100 Å². The molecule has 0 aromatic rings. The second-order valence-electron chi connectivity index (χ2n) is 5.83. The summed E-state index contributed by atoms with van der Waals surface area (Å²) in [6, 6.07) is 1.27. The SMILES string of the molecule is C=C[C@H]1C[C@H]2C=CC[C@@H](NC(C)C)[C@@H]2[C@H]1C. The fourth-order valence-corrected chi connectivity index (χ4v) is 3.71. The highest BCUT2D eigenvalue weighted by Crippen LogP contribution is 2.47. The molecule has 16 heavy (non-hydrogen) atoms. The first-order valence-electron chi connectivity index (χ1n) is 6.68. The molecule has 0 unspecified atom stereocenters. The van der Waals surface area contributed by atoms with Crippen LogP contribution < -0.4 is 5.32 Å². The van der Waals surface area contributed by atoms with E-state index in [9.17, 15) is 0 Å². The molecule has 0 aromatic carbocycles. The fourth-order valence-electron chi connectivity index (χ4n) is 3.71. The van der Waals surface area contributed by atoms with Gasteiger partial charge in [-0.25, -0.2) is 0 Å². The van der Waals surface area contributed by atoms with E-state index in [1.54, 1.807) is 0 Å². The Kier molecular flexibility index (Phi) is 3.53. The number of fused-ring (bicyclic) bond motifs is 1. The third kappa shape index (κ3) is 2.10. The van der Waals surface area contributed by atoms with Gasteiger partial charge in [-0.15, -0.1) is 6.58 Å². The maximum atomic E-state index is 3.99. The third-order valence-corrected chi connectivity index (χ3v) is 4.41. The highest BCUT2D eigenvalue weighted by Gasteiger charge is 2.43. The van der Waals surface area contributed by atoms with Gasteiger partial charge in [-0.3, -0.25) is 0 Å². The molecular weight excluding hydrogens is 194 g/mol. The molecule has 0 radical (unpaired) electrons. The van der Waals surface area contributed by atoms with E-state index in [0.29, 0.717) is 18.0 Å². The van der Waals surface area contributed by atoms with E-state index < -0.39 is 0 Å². The first-order valence-corrected chi connectivity index (χ1v) is 6.68. The lowest BCUT2D eigenvalue weighted by Gasteiger charge is -2.35. The zero-order chi connectivity index (χ0) is 11.7. The summed E-state index contributed by atoms with van der Waals surface area (Å²) in [5, 5.41) is 3.74. The summed E-state index contributed by atoms with van der Waals surface area (Å²) in [6.45, 7) is 10.9. The molecule has 0 saturated heterocycles. The van der Waals surface area contributed by atoms with Gasteiger partial charge in [-0.2, -0.15) is 0 Å². The van der Waals surface area contributed by atoms with Gasteiger partial charge in [0, 0.05) is 12.1 Å². The Morgan fingerprint density at radius 2 is 2.19 bits per heavy atom. The average Bonchev–Trinajstić information content (AvgIpc) is 2.56. The minimum atomic E-state index is 0.590. The molecule has 0 aromatic heterocycles. The third-order valence-electron chi connectivity index (χ3n) is 4.41. The van der Waals surface area contributed by atoms with Crippen LogP contribution in [-0.4, -0.2) is 12.1 Å². The number of hydrogen-bond acceptors (Lipinski definition) is 1. The van der Waals surface area contributed by atoms with Gasteiger partial charge in [0.15, 0.2) is 0 Å². The standard InChI is InChI=1S/C15H25N/c1-5-12-9-13-7-6-8-14(16-10(2)3)15(13)11(12)4/h5-7,10-16H,1,8-9H2,2-4H3/t11-,12-,13+,14+,15+/m0/s1. The van der Waals surface area contributed by atoms with Crippen LogP contribution in [-0.2, 0) is 0 Å². The number of rotatable bonds is 3. The predicted octanol–water partition coefficient (Wildman–Crippen LogP) is 3.39. The topological polar surface area (TPSA) is 12.0 Å². The van der Waals surface area contributed by atoms with Crippen LogP contribution in [0.25, 0.3) is 0 Å². The Bertz CT molecular complexity index is 279. The number of hydrogen-bond donors (Lipinski definition) is 1. The minimum absolute atomic E-state index is 0.590. The lowest BCUT2D eigenvalue weighted by molar-refractivity contribution is 0.233. The van der Waals surface area contributed by atoms with E-state index >= 15 is 0 Å². The molecule has 0 aliphatic heterocycles. The van der Waals surface area contributed by atoms with E-state index in [-0.39, 0.29) is 0 Å². The molecule has 1 saturated carbocycles. The Hall–Kier alpha value is -0.560.